The van der Waals surface area contributed by atoms with E-state index in [1.807, 2.05) is 0 Å². The summed E-state index contributed by atoms with van der Waals surface area (Å²) in [6, 6.07) is 1.27. The molecule has 0 unspecified atom stereocenters. The Labute approximate surface area is 55.9 Å². The molecular formula is C5H6N2O3. The molecule has 0 amide bonds. The lowest BCUT2D eigenvalue weighted by atomic mass is 10.6. The van der Waals surface area contributed by atoms with Crippen LogP contribution in [-0.4, -0.2) is 20.9 Å². The first-order chi connectivity index (χ1) is 4.70. The zero-order valence-electron chi connectivity index (χ0n) is 5.07. The van der Waals surface area contributed by atoms with Gasteiger partial charge in [-0.25, -0.2) is 4.68 Å². The standard InChI is InChI=1S/C5H6N2O3/c8-4-1-2-6-7(4)3-5(9)10/h1-2,6H,3H2,(H,9,10). The van der Waals surface area contributed by atoms with Crippen molar-refractivity contribution < 1.29 is 9.90 Å². The minimum atomic E-state index is -1.04. The molecule has 5 nitrogen and oxygen atoms in total. The smallest absolute Gasteiger partial charge is 0.325 e. The summed E-state index contributed by atoms with van der Waals surface area (Å²) < 4.78 is 1.00. The van der Waals surface area contributed by atoms with Crippen LogP contribution in [0.2, 0.25) is 0 Å². The summed E-state index contributed by atoms with van der Waals surface area (Å²) in [5.41, 5.74) is -0.331. The van der Waals surface area contributed by atoms with E-state index in [-0.39, 0.29) is 12.1 Å². The Morgan fingerprint density at radius 2 is 2.50 bits per heavy atom. The molecule has 0 fully saturated rings. The molecule has 0 aliphatic carbocycles. The van der Waals surface area contributed by atoms with E-state index in [1.54, 1.807) is 0 Å². The quantitative estimate of drug-likeness (QED) is 0.571. The van der Waals surface area contributed by atoms with Crippen LogP contribution in [0.5, 0.6) is 0 Å². The fourth-order valence-electron chi connectivity index (χ4n) is 0.611. The monoisotopic (exact) mass is 142 g/mol. The van der Waals surface area contributed by atoms with Gasteiger partial charge in [0.05, 0.1) is 0 Å². The van der Waals surface area contributed by atoms with E-state index in [1.165, 1.54) is 12.3 Å². The van der Waals surface area contributed by atoms with E-state index < -0.39 is 5.97 Å². The Kier molecular flexibility index (Phi) is 1.57. The van der Waals surface area contributed by atoms with Crippen molar-refractivity contribution in [3.8, 4) is 0 Å². The predicted molar refractivity (Wildman–Crippen MR) is 32.7 cm³/mol. The van der Waals surface area contributed by atoms with Crippen molar-refractivity contribution in [2.24, 2.45) is 0 Å². The first-order valence-corrected chi connectivity index (χ1v) is 2.66. The largest absolute Gasteiger partial charge is 0.480 e. The second kappa shape index (κ2) is 2.38. The number of aromatic nitrogens is 2. The topological polar surface area (TPSA) is 75.1 Å². The molecule has 0 saturated heterocycles. The third-order valence-corrected chi connectivity index (χ3v) is 1.02. The molecule has 10 heavy (non-hydrogen) atoms. The van der Waals surface area contributed by atoms with E-state index in [0.717, 1.165) is 4.68 Å². The number of hydrogen-bond donors (Lipinski definition) is 2. The number of nitrogens with zero attached hydrogens (tertiary/aromatic N) is 1. The summed E-state index contributed by atoms with van der Waals surface area (Å²) in [4.78, 5) is 20.7. The van der Waals surface area contributed by atoms with Gasteiger partial charge in [-0.3, -0.25) is 9.59 Å². The number of H-pyrrole nitrogens is 1. The van der Waals surface area contributed by atoms with Gasteiger partial charge < -0.3 is 10.2 Å². The number of aliphatic carboxylic acids is 1. The Bertz CT molecular complexity index is 285. The molecule has 0 aromatic carbocycles. The van der Waals surface area contributed by atoms with Crippen molar-refractivity contribution in [3.63, 3.8) is 0 Å². The Morgan fingerprint density at radius 1 is 1.80 bits per heavy atom. The van der Waals surface area contributed by atoms with E-state index in [4.69, 9.17) is 5.11 Å². The second-order valence-corrected chi connectivity index (χ2v) is 1.78. The summed E-state index contributed by atoms with van der Waals surface area (Å²) >= 11 is 0. The van der Waals surface area contributed by atoms with E-state index >= 15 is 0 Å². The fourth-order valence-corrected chi connectivity index (χ4v) is 0.611. The van der Waals surface area contributed by atoms with Gasteiger partial charge >= 0.3 is 5.97 Å². The molecule has 0 radical (unpaired) electrons. The maximum Gasteiger partial charge on any atom is 0.325 e. The average molecular weight is 142 g/mol. The van der Waals surface area contributed by atoms with Gasteiger partial charge in [-0.1, -0.05) is 0 Å². The molecule has 1 heterocycles. The van der Waals surface area contributed by atoms with Gasteiger partial charge in [0, 0.05) is 12.3 Å². The van der Waals surface area contributed by atoms with E-state index in [0.29, 0.717) is 0 Å². The van der Waals surface area contributed by atoms with Crippen molar-refractivity contribution in [3.05, 3.63) is 22.6 Å². The molecular weight excluding hydrogens is 136 g/mol. The summed E-state index contributed by atoms with van der Waals surface area (Å²) in [5, 5.41) is 10.7. The van der Waals surface area contributed by atoms with Crippen molar-refractivity contribution in [2.75, 3.05) is 0 Å². The van der Waals surface area contributed by atoms with Gasteiger partial charge in [0.1, 0.15) is 6.54 Å². The van der Waals surface area contributed by atoms with Crippen LogP contribution in [0.3, 0.4) is 0 Å². The average Bonchev–Trinajstić information content (AvgIpc) is 2.15. The van der Waals surface area contributed by atoms with Crippen LogP contribution in [0, 0.1) is 0 Å². The number of nitrogens with one attached hydrogen (secondary N) is 1. The van der Waals surface area contributed by atoms with Crippen molar-refractivity contribution >= 4 is 5.97 Å². The molecule has 0 bridgehead atoms. The maximum atomic E-state index is 10.6. The maximum absolute atomic E-state index is 10.6. The molecule has 54 valence electrons. The number of carboxylic acids is 1. The van der Waals surface area contributed by atoms with Crippen molar-refractivity contribution in [1.29, 1.82) is 0 Å². The summed E-state index contributed by atoms with van der Waals surface area (Å²) in [6.45, 7) is -0.314. The minimum Gasteiger partial charge on any atom is -0.480 e. The molecule has 1 aromatic heterocycles. The molecule has 0 aliphatic heterocycles. The lowest BCUT2D eigenvalue weighted by Gasteiger charge is -1.92. The van der Waals surface area contributed by atoms with Crippen LogP contribution < -0.4 is 5.56 Å². The van der Waals surface area contributed by atoms with Crippen LogP contribution in [0.1, 0.15) is 0 Å². The van der Waals surface area contributed by atoms with Crippen LogP contribution in [0.25, 0.3) is 0 Å². The third kappa shape index (κ3) is 1.25. The molecule has 0 aliphatic rings. The molecule has 5 heteroatoms. The molecule has 1 aromatic rings. The van der Waals surface area contributed by atoms with Crippen LogP contribution >= 0.6 is 0 Å². The van der Waals surface area contributed by atoms with Gasteiger partial charge in [0.25, 0.3) is 5.56 Å². The van der Waals surface area contributed by atoms with E-state index in [9.17, 15) is 9.59 Å². The highest BCUT2D eigenvalue weighted by Gasteiger charge is 1.99. The number of aromatic amines is 1. The van der Waals surface area contributed by atoms with Gasteiger partial charge in [0.15, 0.2) is 0 Å². The normalized spacial score (nSPS) is 9.60. The number of hydrogen-bond acceptors (Lipinski definition) is 2. The van der Waals surface area contributed by atoms with Gasteiger partial charge in [-0.15, -0.1) is 0 Å². The minimum absolute atomic E-state index is 0.314. The van der Waals surface area contributed by atoms with Crippen LogP contribution in [0.4, 0.5) is 0 Å². The molecule has 1 rings (SSSR count). The zero-order chi connectivity index (χ0) is 7.56. The second-order valence-electron chi connectivity index (χ2n) is 1.78. The Hall–Kier alpha value is -1.52. The zero-order valence-corrected chi connectivity index (χ0v) is 5.07. The molecule has 0 saturated carbocycles. The third-order valence-electron chi connectivity index (χ3n) is 1.02. The summed E-state index contributed by atoms with van der Waals surface area (Å²) in [6.07, 6.45) is 1.39. The van der Waals surface area contributed by atoms with Crippen molar-refractivity contribution in [2.45, 2.75) is 6.54 Å². The summed E-state index contributed by atoms with van der Waals surface area (Å²) in [7, 11) is 0. The number of carboxylic acid groups (broad SMARTS) is 1. The highest BCUT2D eigenvalue weighted by molar-refractivity contribution is 5.66. The van der Waals surface area contributed by atoms with Gasteiger partial charge in [-0.2, -0.15) is 0 Å². The highest BCUT2D eigenvalue weighted by Crippen LogP contribution is 1.74. The fraction of sp³-hybridized carbons (Fsp3) is 0.200. The Morgan fingerprint density at radius 3 is 2.90 bits per heavy atom. The lowest BCUT2D eigenvalue weighted by Crippen LogP contribution is -2.20. The first-order valence-electron chi connectivity index (χ1n) is 2.66. The van der Waals surface area contributed by atoms with Gasteiger partial charge in [-0.05, 0) is 0 Å². The molecule has 0 spiro atoms. The molecule has 2 N–H and O–H groups in total. The first kappa shape index (κ1) is 6.60. The van der Waals surface area contributed by atoms with E-state index in [2.05, 4.69) is 5.10 Å². The van der Waals surface area contributed by atoms with Crippen LogP contribution in [-0.2, 0) is 11.3 Å². The van der Waals surface area contributed by atoms with Crippen molar-refractivity contribution in [1.82, 2.24) is 9.78 Å². The Balaban J connectivity index is 2.85. The predicted octanol–water partition coefficient (Wildman–Crippen LogP) is -0.739. The molecule has 0 atom stereocenters. The number of rotatable bonds is 2. The van der Waals surface area contributed by atoms with Gasteiger partial charge in [0.2, 0.25) is 0 Å². The van der Waals surface area contributed by atoms with Crippen LogP contribution in [0.15, 0.2) is 17.1 Å². The number of carbonyl (C=O) groups is 1. The lowest BCUT2D eigenvalue weighted by molar-refractivity contribution is -0.137. The highest BCUT2D eigenvalue weighted by atomic mass is 16.4. The SMILES string of the molecule is O=C(O)Cn1[nH]ccc1=O. The summed E-state index contributed by atoms with van der Waals surface area (Å²) in [5.74, 6) is -1.04.